The predicted molar refractivity (Wildman–Crippen MR) is 80.6 cm³/mol. The average Bonchev–Trinajstić information content (AvgIpc) is 2.82. The maximum atomic E-state index is 12.7. The zero-order valence-corrected chi connectivity index (χ0v) is 14.4. The Kier molecular flexibility index (Phi) is 4.72. The van der Waals surface area contributed by atoms with Crippen LogP contribution in [0.1, 0.15) is 18.4 Å². The molecular weight excluding hydrogens is 398 g/mol. The van der Waals surface area contributed by atoms with E-state index in [1.807, 2.05) is 6.92 Å². The van der Waals surface area contributed by atoms with Gasteiger partial charge in [0, 0.05) is 21.5 Å². The normalized spacial score (nSPS) is 20.9. The first-order valence-electron chi connectivity index (χ1n) is 5.96. The van der Waals surface area contributed by atoms with E-state index in [1.54, 1.807) is 12.1 Å². The van der Waals surface area contributed by atoms with Gasteiger partial charge in [-0.2, -0.15) is 4.31 Å². The van der Waals surface area contributed by atoms with E-state index in [0.717, 1.165) is 16.5 Å². The van der Waals surface area contributed by atoms with Crippen molar-refractivity contribution in [2.45, 2.75) is 30.7 Å². The van der Waals surface area contributed by atoms with Gasteiger partial charge in [0.05, 0.1) is 11.5 Å². The molecule has 1 fully saturated rings. The monoisotopic (exact) mass is 411 g/mol. The van der Waals surface area contributed by atoms with Gasteiger partial charge in [0.25, 0.3) is 0 Å². The van der Waals surface area contributed by atoms with Crippen molar-refractivity contribution in [3.8, 4) is 0 Å². The van der Waals surface area contributed by atoms with Crippen LogP contribution in [0.4, 0.5) is 0 Å². The molecule has 0 amide bonds. The van der Waals surface area contributed by atoms with E-state index in [1.165, 1.54) is 4.31 Å². The van der Waals surface area contributed by atoms with Gasteiger partial charge in [-0.1, -0.05) is 15.9 Å². The number of benzene rings is 1. The Bertz CT molecular complexity index is 589. The van der Waals surface area contributed by atoms with Crippen LogP contribution in [-0.4, -0.2) is 37.0 Å². The Morgan fingerprint density at radius 1 is 1.37 bits per heavy atom. The lowest BCUT2D eigenvalue weighted by molar-refractivity contribution is 0.213. The van der Waals surface area contributed by atoms with Crippen LogP contribution in [-0.2, 0) is 10.0 Å². The Hall–Kier alpha value is 0.0500. The third kappa shape index (κ3) is 2.90. The van der Waals surface area contributed by atoms with Crippen LogP contribution in [0.5, 0.6) is 0 Å². The van der Waals surface area contributed by atoms with Crippen molar-refractivity contribution < 1.29 is 13.5 Å². The summed E-state index contributed by atoms with van der Waals surface area (Å²) >= 11 is 6.68. The van der Waals surface area contributed by atoms with Gasteiger partial charge < -0.3 is 5.11 Å². The summed E-state index contributed by atoms with van der Waals surface area (Å²) in [7, 11) is -3.57. The van der Waals surface area contributed by atoms with Gasteiger partial charge in [0.2, 0.25) is 10.0 Å². The van der Waals surface area contributed by atoms with Crippen molar-refractivity contribution in [1.82, 2.24) is 4.31 Å². The fraction of sp³-hybridized carbons (Fsp3) is 0.500. The van der Waals surface area contributed by atoms with E-state index in [0.29, 0.717) is 17.4 Å². The number of aryl methyl sites for hydroxylation is 1. The maximum absolute atomic E-state index is 12.7. The zero-order valence-electron chi connectivity index (χ0n) is 10.4. The van der Waals surface area contributed by atoms with Gasteiger partial charge in [0.15, 0.2) is 0 Å². The molecule has 7 heteroatoms. The molecule has 1 aromatic rings. The second kappa shape index (κ2) is 5.81. The maximum Gasteiger partial charge on any atom is 0.244 e. The van der Waals surface area contributed by atoms with E-state index in [-0.39, 0.29) is 17.5 Å². The highest BCUT2D eigenvalue weighted by Gasteiger charge is 2.36. The van der Waals surface area contributed by atoms with Crippen LogP contribution in [0.3, 0.4) is 0 Å². The molecule has 1 saturated heterocycles. The Morgan fingerprint density at radius 2 is 2.05 bits per heavy atom. The fourth-order valence-electron chi connectivity index (χ4n) is 2.26. The van der Waals surface area contributed by atoms with Gasteiger partial charge in [-0.3, -0.25) is 0 Å². The van der Waals surface area contributed by atoms with E-state index in [2.05, 4.69) is 31.9 Å². The molecule has 0 aromatic heterocycles. The van der Waals surface area contributed by atoms with Crippen LogP contribution in [0.15, 0.2) is 26.0 Å². The smallest absolute Gasteiger partial charge is 0.244 e. The molecule has 0 radical (unpaired) electrons. The lowest BCUT2D eigenvalue weighted by Gasteiger charge is -2.23. The summed E-state index contributed by atoms with van der Waals surface area (Å²) in [5, 5.41) is 9.29. The quantitative estimate of drug-likeness (QED) is 0.830. The predicted octanol–water partition coefficient (Wildman–Crippen LogP) is 2.67. The van der Waals surface area contributed by atoms with Crippen LogP contribution in [0, 0.1) is 6.92 Å². The van der Waals surface area contributed by atoms with Crippen molar-refractivity contribution in [3.63, 3.8) is 0 Å². The summed E-state index contributed by atoms with van der Waals surface area (Å²) in [6.07, 6.45) is 1.50. The third-order valence-electron chi connectivity index (χ3n) is 3.33. The summed E-state index contributed by atoms with van der Waals surface area (Å²) in [6, 6.07) is 3.08. The van der Waals surface area contributed by atoms with Crippen LogP contribution >= 0.6 is 31.9 Å². The largest absolute Gasteiger partial charge is 0.395 e. The molecule has 19 heavy (non-hydrogen) atoms. The van der Waals surface area contributed by atoms with Gasteiger partial charge in [-0.25, -0.2) is 8.42 Å². The number of sulfonamides is 1. The van der Waals surface area contributed by atoms with E-state index >= 15 is 0 Å². The molecule has 106 valence electrons. The minimum atomic E-state index is -3.57. The van der Waals surface area contributed by atoms with Gasteiger partial charge in [-0.05, 0) is 53.4 Å². The van der Waals surface area contributed by atoms with Gasteiger partial charge >= 0.3 is 0 Å². The number of aliphatic hydroxyl groups excluding tert-OH is 1. The van der Waals surface area contributed by atoms with Crippen LogP contribution < -0.4 is 0 Å². The van der Waals surface area contributed by atoms with Gasteiger partial charge in [0.1, 0.15) is 0 Å². The summed E-state index contributed by atoms with van der Waals surface area (Å²) in [6.45, 7) is 2.23. The van der Waals surface area contributed by atoms with Gasteiger partial charge in [-0.15, -0.1) is 0 Å². The fourth-order valence-corrected chi connectivity index (χ4v) is 5.59. The molecular formula is C12H15Br2NO3S. The molecule has 0 saturated carbocycles. The highest BCUT2D eigenvalue weighted by atomic mass is 79.9. The summed E-state index contributed by atoms with van der Waals surface area (Å²) < 4.78 is 28.0. The van der Waals surface area contributed by atoms with Crippen LogP contribution in [0.2, 0.25) is 0 Å². The van der Waals surface area contributed by atoms with Crippen molar-refractivity contribution in [1.29, 1.82) is 0 Å². The first kappa shape index (κ1) is 15.4. The van der Waals surface area contributed by atoms with Crippen molar-refractivity contribution in [3.05, 3.63) is 26.6 Å². The van der Waals surface area contributed by atoms with E-state index in [4.69, 9.17) is 0 Å². The molecule has 0 spiro atoms. The summed E-state index contributed by atoms with van der Waals surface area (Å²) in [5.74, 6) is 0. The number of nitrogens with zero attached hydrogens (tertiary/aromatic N) is 1. The standard InChI is InChI=1S/C12H15Br2NO3S/c1-8-5-11(14)12(6-10(8)13)19(17,18)15-4-2-3-9(15)7-16/h5-6,9,16H,2-4,7H2,1H3. The average molecular weight is 413 g/mol. The second-order valence-electron chi connectivity index (χ2n) is 4.63. The molecule has 4 nitrogen and oxygen atoms in total. The lowest BCUT2D eigenvalue weighted by atomic mass is 10.2. The molecule has 1 aromatic carbocycles. The number of rotatable bonds is 3. The lowest BCUT2D eigenvalue weighted by Crippen LogP contribution is -2.37. The highest BCUT2D eigenvalue weighted by Crippen LogP contribution is 2.33. The highest BCUT2D eigenvalue weighted by molar-refractivity contribution is 9.11. The molecule has 1 aliphatic rings. The molecule has 0 aliphatic carbocycles. The van der Waals surface area contributed by atoms with E-state index in [9.17, 15) is 13.5 Å². The summed E-state index contributed by atoms with van der Waals surface area (Å²) in [5.41, 5.74) is 0.964. The number of halogens is 2. The third-order valence-corrected chi connectivity index (χ3v) is 7.10. The van der Waals surface area contributed by atoms with Crippen molar-refractivity contribution >= 4 is 41.9 Å². The first-order valence-corrected chi connectivity index (χ1v) is 8.99. The molecule has 1 N–H and O–H groups in total. The van der Waals surface area contributed by atoms with Crippen molar-refractivity contribution in [2.24, 2.45) is 0 Å². The minimum absolute atomic E-state index is 0.135. The molecule has 1 unspecified atom stereocenters. The second-order valence-corrected chi connectivity index (χ2v) is 8.19. The first-order chi connectivity index (χ1) is 8.87. The molecule has 1 heterocycles. The molecule has 1 atom stereocenters. The number of aliphatic hydroxyl groups is 1. The minimum Gasteiger partial charge on any atom is -0.395 e. The number of hydrogen-bond donors (Lipinski definition) is 1. The molecule has 0 bridgehead atoms. The Labute approximate surface area is 130 Å². The Morgan fingerprint density at radius 3 is 2.68 bits per heavy atom. The zero-order chi connectivity index (χ0) is 14.2. The number of hydrogen-bond acceptors (Lipinski definition) is 3. The molecule has 2 rings (SSSR count). The topological polar surface area (TPSA) is 57.6 Å². The SMILES string of the molecule is Cc1cc(Br)c(S(=O)(=O)N2CCCC2CO)cc1Br. The summed E-state index contributed by atoms with van der Waals surface area (Å²) in [4.78, 5) is 0.241. The molecule has 1 aliphatic heterocycles. The van der Waals surface area contributed by atoms with Crippen LogP contribution in [0.25, 0.3) is 0 Å². The van der Waals surface area contributed by atoms with Crippen molar-refractivity contribution in [2.75, 3.05) is 13.2 Å². The van der Waals surface area contributed by atoms with E-state index < -0.39 is 10.0 Å². The Balaban J connectivity index is 2.48.